The minimum absolute atomic E-state index is 0.0353. The molecule has 7 nitrogen and oxygen atoms in total. The van der Waals surface area contributed by atoms with Crippen LogP contribution in [0, 0.1) is 0 Å². The average molecular weight is 275 g/mol. The van der Waals surface area contributed by atoms with E-state index in [2.05, 4.69) is 20.6 Å². The highest BCUT2D eigenvalue weighted by molar-refractivity contribution is 5.90. The molecule has 1 atom stereocenters. The Bertz CT molecular complexity index is 556. The zero-order valence-electron chi connectivity index (χ0n) is 11.4. The van der Waals surface area contributed by atoms with Gasteiger partial charge in [0.05, 0.1) is 13.4 Å². The molecule has 106 valence electrons. The fraction of sp³-hybridized carbons (Fsp3) is 0.308. The normalized spacial score (nSPS) is 11.7. The number of carbonyl (C=O) groups is 1. The number of carbonyl (C=O) groups excluding carboxylic acids is 1. The Morgan fingerprint density at radius 3 is 3.05 bits per heavy atom. The molecule has 20 heavy (non-hydrogen) atoms. The van der Waals surface area contributed by atoms with Crippen molar-refractivity contribution in [2.45, 2.75) is 19.5 Å². The van der Waals surface area contributed by atoms with Crippen LogP contribution in [0.25, 0.3) is 0 Å². The molecule has 2 aromatic rings. The predicted octanol–water partition coefficient (Wildman–Crippen LogP) is 1.50. The van der Waals surface area contributed by atoms with Gasteiger partial charge in [-0.3, -0.25) is 0 Å². The Labute approximate surface area is 117 Å². The molecule has 2 amide bonds. The van der Waals surface area contributed by atoms with Crippen LogP contribution >= 0.6 is 0 Å². The largest absolute Gasteiger partial charge is 0.480 e. The molecule has 0 bridgehead atoms. The molecule has 0 aliphatic heterocycles. The minimum Gasteiger partial charge on any atom is -0.480 e. The van der Waals surface area contributed by atoms with E-state index in [0.29, 0.717) is 18.1 Å². The molecule has 0 aromatic carbocycles. The van der Waals surface area contributed by atoms with Gasteiger partial charge in [0, 0.05) is 31.2 Å². The van der Waals surface area contributed by atoms with E-state index in [0.717, 1.165) is 0 Å². The lowest BCUT2D eigenvalue weighted by Crippen LogP contribution is -2.38. The van der Waals surface area contributed by atoms with Crippen LogP contribution in [0.15, 0.2) is 37.1 Å². The molecule has 2 aromatic heterocycles. The Kier molecular flexibility index (Phi) is 4.54. The maximum Gasteiger partial charge on any atom is 0.319 e. The first kappa shape index (κ1) is 13.9. The van der Waals surface area contributed by atoms with Crippen LogP contribution in [0.5, 0.6) is 5.88 Å². The number of nitrogens with zero attached hydrogens (tertiary/aromatic N) is 3. The highest BCUT2D eigenvalue weighted by Crippen LogP contribution is 2.19. The number of nitrogens with one attached hydrogen (secondary N) is 2. The summed E-state index contributed by atoms with van der Waals surface area (Å²) in [4.78, 5) is 19.9. The molecule has 0 aliphatic rings. The third-order valence-electron chi connectivity index (χ3n) is 2.63. The summed E-state index contributed by atoms with van der Waals surface area (Å²) in [7, 11) is 1.51. The maximum atomic E-state index is 11.9. The van der Waals surface area contributed by atoms with Gasteiger partial charge >= 0.3 is 6.03 Å². The number of amides is 2. The fourth-order valence-corrected chi connectivity index (χ4v) is 1.79. The van der Waals surface area contributed by atoms with Gasteiger partial charge in [-0.2, -0.15) is 0 Å². The van der Waals surface area contributed by atoms with E-state index in [1.807, 2.05) is 17.7 Å². The summed E-state index contributed by atoms with van der Waals surface area (Å²) in [5.74, 6) is 0.380. The number of anilines is 1. The van der Waals surface area contributed by atoms with E-state index in [1.54, 1.807) is 30.9 Å². The summed E-state index contributed by atoms with van der Waals surface area (Å²) in [6.07, 6.45) is 6.86. The van der Waals surface area contributed by atoms with Crippen LogP contribution in [0.4, 0.5) is 10.5 Å². The third kappa shape index (κ3) is 3.71. The second-order valence-corrected chi connectivity index (χ2v) is 4.32. The summed E-state index contributed by atoms with van der Waals surface area (Å²) >= 11 is 0. The molecule has 0 spiro atoms. The lowest BCUT2D eigenvalue weighted by Gasteiger charge is -2.15. The predicted molar refractivity (Wildman–Crippen MR) is 74.6 cm³/mol. The third-order valence-corrected chi connectivity index (χ3v) is 2.63. The summed E-state index contributed by atoms with van der Waals surface area (Å²) in [5.41, 5.74) is 0.530. The van der Waals surface area contributed by atoms with Crippen molar-refractivity contribution >= 4 is 11.7 Å². The van der Waals surface area contributed by atoms with Crippen molar-refractivity contribution in [1.29, 1.82) is 0 Å². The molecule has 0 fully saturated rings. The Balaban J connectivity index is 1.88. The van der Waals surface area contributed by atoms with Crippen molar-refractivity contribution in [3.63, 3.8) is 0 Å². The molecule has 2 heterocycles. The van der Waals surface area contributed by atoms with Crippen LogP contribution in [-0.2, 0) is 6.54 Å². The van der Waals surface area contributed by atoms with Crippen LogP contribution in [0.1, 0.15) is 6.92 Å². The Morgan fingerprint density at radius 2 is 2.35 bits per heavy atom. The Morgan fingerprint density at radius 1 is 1.50 bits per heavy atom. The van der Waals surface area contributed by atoms with Gasteiger partial charge in [-0.05, 0) is 19.1 Å². The summed E-state index contributed by atoms with van der Waals surface area (Å²) in [6.45, 7) is 2.57. The highest BCUT2D eigenvalue weighted by Gasteiger charge is 2.10. The first-order valence-electron chi connectivity index (χ1n) is 6.21. The van der Waals surface area contributed by atoms with Crippen molar-refractivity contribution in [3.8, 4) is 5.88 Å². The van der Waals surface area contributed by atoms with Gasteiger partial charge in [-0.15, -0.1) is 0 Å². The van der Waals surface area contributed by atoms with E-state index in [9.17, 15) is 4.79 Å². The van der Waals surface area contributed by atoms with Gasteiger partial charge < -0.3 is 19.9 Å². The zero-order chi connectivity index (χ0) is 14.4. The van der Waals surface area contributed by atoms with Crippen molar-refractivity contribution in [2.24, 2.45) is 0 Å². The number of urea groups is 1. The van der Waals surface area contributed by atoms with Crippen LogP contribution < -0.4 is 15.4 Å². The van der Waals surface area contributed by atoms with Gasteiger partial charge in [-0.25, -0.2) is 14.8 Å². The molecule has 0 saturated carbocycles. The standard InChI is InChI=1S/C13H17N5O2/c1-10(8-18-7-6-14-9-18)16-13(19)17-11-4-3-5-15-12(11)20-2/h3-7,9-10H,8H2,1-2H3,(H2,16,17,19)/t10-/m0/s1. The summed E-state index contributed by atoms with van der Waals surface area (Å²) < 4.78 is 6.97. The van der Waals surface area contributed by atoms with Gasteiger partial charge in [0.25, 0.3) is 0 Å². The maximum absolute atomic E-state index is 11.9. The molecule has 2 N–H and O–H groups in total. The average Bonchev–Trinajstić information content (AvgIpc) is 2.91. The molecule has 2 rings (SSSR count). The monoisotopic (exact) mass is 275 g/mol. The number of rotatable bonds is 5. The molecule has 0 unspecified atom stereocenters. The SMILES string of the molecule is COc1ncccc1NC(=O)N[C@@H](C)Cn1ccnc1. The second kappa shape index (κ2) is 6.55. The zero-order valence-corrected chi connectivity index (χ0v) is 11.4. The van der Waals surface area contributed by atoms with Gasteiger partial charge in [-0.1, -0.05) is 0 Å². The Hall–Kier alpha value is -2.57. The van der Waals surface area contributed by atoms with Crippen LogP contribution in [0.3, 0.4) is 0 Å². The number of hydrogen-bond acceptors (Lipinski definition) is 4. The van der Waals surface area contributed by atoms with E-state index < -0.39 is 0 Å². The molecule has 0 aliphatic carbocycles. The minimum atomic E-state index is -0.302. The first-order valence-corrected chi connectivity index (χ1v) is 6.21. The van der Waals surface area contributed by atoms with E-state index in [1.165, 1.54) is 7.11 Å². The summed E-state index contributed by atoms with van der Waals surface area (Å²) in [5, 5.41) is 5.55. The number of methoxy groups -OCH3 is 1. The number of pyridine rings is 1. The second-order valence-electron chi connectivity index (χ2n) is 4.32. The van der Waals surface area contributed by atoms with E-state index >= 15 is 0 Å². The fourth-order valence-electron chi connectivity index (χ4n) is 1.79. The lowest BCUT2D eigenvalue weighted by molar-refractivity contribution is 0.248. The van der Waals surface area contributed by atoms with E-state index in [4.69, 9.17) is 4.74 Å². The molecule has 0 radical (unpaired) electrons. The van der Waals surface area contributed by atoms with Crippen molar-refractivity contribution in [3.05, 3.63) is 37.1 Å². The number of aromatic nitrogens is 3. The van der Waals surface area contributed by atoms with Gasteiger partial charge in [0.2, 0.25) is 5.88 Å². The number of imidazole rings is 1. The van der Waals surface area contributed by atoms with E-state index in [-0.39, 0.29) is 12.1 Å². The molecule has 0 saturated heterocycles. The quantitative estimate of drug-likeness (QED) is 0.866. The van der Waals surface area contributed by atoms with Crippen LogP contribution in [-0.4, -0.2) is 33.7 Å². The lowest BCUT2D eigenvalue weighted by atomic mass is 10.3. The molecular formula is C13H17N5O2. The smallest absolute Gasteiger partial charge is 0.319 e. The van der Waals surface area contributed by atoms with Crippen molar-refractivity contribution in [1.82, 2.24) is 19.9 Å². The van der Waals surface area contributed by atoms with Crippen LogP contribution in [0.2, 0.25) is 0 Å². The number of hydrogen-bond donors (Lipinski definition) is 2. The first-order chi connectivity index (χ1) is 9.69. The highest BCUT2D eigenvalue weighted by atomic mass is 16.5. The molecule has 7 heteroatoms. The van der Waals surface area contributed by atoms with Gasteiger partial charge in [0.15, 0.2) is 0 Å². The van der Waals surface area contributed by atoms with Crippen molar-refractivity contribution < 1.29 is 9.53 Å². The summed E-state index contributed by atoms with van der Waals surface area (Å²) in [6, 6.07) is 3.12. The van der Waals surface area contributed by atoms with Gasteiger partial charge in [0.1, 0.15) is 5.69 Å². The molecular weight excluding hydrogens is 258 g/mol. The van der Waals surface area contributed by atoms with Crippen molar-refractivity contribution in [2.75, 3.05) is 12.4 Å². The number of ether oxygens (including phenoxy) is 1. The topological polar surface area (TPSA) is 81.1 Å².